The van der Waals surface area contributed by atoms with Crippen molar-refractivity contribution in [2.24, 2.45) is 0 Å². The van der Waals surface area contributed by atoms with Crippen LogP contribution in [0.2, 0.25) is 0 Å². The standard InChI is InChI=1S/C9H9N3S/c1-6-8(10)12-9(13-6)7-3-2-4-11-5-7/h2-5H,10H2,1H3. The van der Waals surface area contributed by atoms with Crippen LogP contribution in [0.15, 0.2) is 24.5 Å². The maximum Gasteiger partial charge on any atom is 0.138 e. The van der Waals surface area contributed by atoms with Gasteiger partial charge >= 0.3 is 0 Å². The van der Waals surface area contributed by atoms with Gasteiger partial charge in [0.05, 0.1) is 0 Å². The minimum absolute atomic E-state index is 0.615. The molecule has 2 rings (SSSR count). The van der Waals surface area contributed by atoms with E-state index in [4.69, 9.17) is 5.73 Å². The van der Waals surface area contributed by atoms with Crippen LogP contribution in [0.25, 0.3) is 10.6 Å². The van der Waals surface area contributed by atoms with E-state index in [2.05, 4.69) is 9.97 Å². The second-order valence-corrected chi connectivity index (χ2v) is 3.91. The summed E-state index contributed by atoms with van der Waals surface area (Å²) in [6.45, 7) is 1.97. The van der Waals surface area contributed by atoms with E-state index in [1.165, 1.54) is 0 Å². The Kier molecular flexibility index (Phi) is 1.98. The number of aryl methyl sites for hydroxylation is 1. The lowest BCUT2D eigenvalue weighted by molar-refractivity contribution is 1.31. The largest absolute Gasteiger partial charge is 0.383 e. The van der Waals surface area contributed by atoms with Crippen molar-refractivity contribution >= 4 is 17.2 Å². The van der Waals surface area contributed by atoms with Gasteiger partial charge in [0.25, 0.3) is 0 Å². The summed E-state index contributed by atoms with van der Waals surface area (Å²) < 4.78 is 0. The van der Waals surface area contributed by atoms with E-state index in [1.54, 1.807) is 23.7 Å². The first kappa shape index (κ1) is 8.19. The lowest BCUT2D eigenvalue weighted by atomic mass is 10.3. The first-order chi connectivity index (χ1) is 6.27. The number of pyridine rings is 1. The maximum absolute atomic E-state index is 5.66. The molecule has 0 aliphatic heterocycles. The Morgan fingerprint density at radius 3 is 2.85 bits per heavy atom. The summed E-state index contributed by atoms with van der Waals surface area (Å²) in [7, 11) is 0. The number of rotatable bonds is 1. The molecule has 0 atom stereocenters. The third-order valence-corrected chi connectivity index (χ3v) is 2.78. The van der Waals surface area contributed by atoms with E-state index in [9.17, 15) is 0 Å². The molecule has 2 aromatic rings. The van der Waals surface area contributed by atoms with Gasteiger partial charge in [0.15, 0.2) is 0 Å². The quantitative estimate of drug-likeness (QED) is 0.751. The zero-order chi connectivity index (χ0) is 9.26. The summed E-state index contributed by atoms with van der Waals surface area (Å²) in [5.41, 5.74) is 6.68. The van der Waals surface area contributed by atoms with Crippen molar-refractivity contribution in [2.45, 2.75) is 6.92 Å². The molecule has 0 saturated heterocycles. The lowest BCUT2D eigenvalue weighted by Crippen LogP contribution is -1.86. The van der Waals surface area contributed by atoms with E-state index in [0.29, 0.717) is 5.82 Å². The van der Waals surface area contributed by atoms with E-state index in [0.717, 1.165) is 15.4 Å². The van der Waals surface area contributed by atoms with Crippen LogP contribution in [0.1, 0.15) is 4.88 Å². The summed E-state index contributed by atoms with van der Waals surface area (Å²) in [6, 6.07) is 3.87. The van der Waals surface area contributed by atoms with Crippen molar-refractivity contribution < 1.29 is 0 Å². The molecule has 0 bridgehead atoms. The number of hydrogen-bond acceptors (Lipinski definition) is 4. The smallest absolute Gasteiger partial charge is 0.138 e. The molecule has 2 N–H and O–H groups in total. The Morgan fingerprint density at radius 2 is 2.31 bits per heavy atom. The van der Waals surface area contributed by atoms with Gasteiger partial charge in [-0.25, -0.2) is 4.98 Å². The topological polar surface area (TPSA) is 51.8 Å². The fraction of sp³-hybridized carbons (Fsp3) is 0.111. The van der Waals surface area contributed by atoms with Crippen LogP contribution >= 0.6 is 11.3 Å². The van der Waals surface area contributed by atoms with Gasteiger partial charge in [-0.15, -0.1) is 11.3 Å². The summed E-state index contributed by atoms with van der Waals surface area (Å²) in [5, 5.41) is 0.933. The highest BCUT2D eigenvalue weighted by molar-refractivity contribution is 7.15. The highest BCUT2D eigenvalue weighted by atomic mass is 32.1. The van der Waals surface area contributed by atoms with Crippen molar-refractivity contribution in [1.29, 1.82) is 0 Å². The van der Waals surface area contributed by atoms with Gasteiger partial charge in [-0.05, 0) is 19.1 Å². The lowest BCUT2D eigenvalue weighted by Gasteiger charge is -1.91. The fourth-order valence-corrected chi connectivity index (χ4v) is 1.84. The molecule has 0 spiro atoms. The van der Waals surface area contributed by atoms with Gasteiger partial charge in [0, 0.05) is 22.8 Å². The summed E-state index contributed by atoms with van der Waals surface area (Å²) in [4.78, 5) is 9.32. The van der Waals surface area contributed by atoms with Crippen LogP contribution in [0.3, 0.4) is 0 Å². The normalized spacial score (nSPS) is 10.2. The molecule has 0 amide bonds. The third-order valence-electron chi connectivity index (χ3n) is 1.74. The third kappa shape index (κ3) is 1.53. The summed E-state index contributed by atoms with van der Waals surface area (Å²) in [5.74, 6) is 0.615. The number of nitrogens with zero attached hydrogens (tertiary/aromatic N) is 2. The van der Waals surface area contributed by atoms with Crippen LogP contribution in [0.5, 0.6) is 0 Å². The summed E-state index contributed by atoms with van der Waals surface area (Å²) >= 11 is 1.59. The first-order valence-corrected chi connectivity index (χ1v) is 4.72. The van der Waals surface area contributed by atoms with Crippen molar-refractivity contribution in [1.82, 2.24) is 9.97 Å². The molecule has 0 unspecified atom stereocenters. The molecule has 0 aromatic carbocycles. The molecule has 0 aliphatic carbocycles. The number of nitrogens with two attached hydrogens (primary N) is 1. The predicted octanol–water partition coefficient (Wildman–Crippen LogP) is 2.10. The molecule has 4 heteroatoms. The monoisotopic (exact) mass is 191 g/mol. The average molecular weight is 191 g/mol. The molecule has 66 valence electrons. The molecule has 0 aliphatic rings. The van der Waals surface area contributed by atoms with Crippen LogP contribution in [-0.4, -0.2) is 9.97 Å². The average Bonchev–Trinajstić information content (AvgIpc) is 2.49. The Labute approximate surface area is 80.3 Å². The van der Waals surface area contributed by atoms with E-state index >= 15 is 0 Å². The number of thiazole rings is 1. The molecular formula is C9H9N3S. The van der Waals surface area contributed by atoms with E-state index in [1.807, 2.05) is 19.1 Å². The minimum Gasteiger partial charge on any atom is -0.383 e. The number of aromatic nitrogens is 2. The molecule has 0 radical (unpaired) electrons. The highest BCUT2D eigenvalue weighted by Gasteiger charge is 2.05. The van der Waals surface area contributed by atoms with Gasteiger partial charge in [0.1, 0.15) is 10.8 Å². The number of nitrogen functional groups attached to an aromatic ring is 1. The Balaban J connectivity index is 2.48. The molecule has 13 heavy (non-hydrogen) atoms. The first-order valence-electron chi connectivity index (χ1n) is 3.90. The zero-order valence-electron chi connectivity index (χ0n) is 7.19. The van der Waals surface area contributed by atoms with E-state index in [-0.39, 0.29) is 0 Å². The molecule has 3 nitrogen and oxygen atoms in total. The highest BCUT2D eigenvalue weighted by Crippen LogP contribution is 2.27. The van der Waals surface area contributed by atoms with Gasteiger partial charge in [-0.2, -0.15) is 0 Å². The number of hydrogen-bond donors (Lipinski definition) is 1. The zero-order valence-corrected chi connectivity index (χ0v) is 8.01. The molecule has 0 fully saturated rings. The van der Waals surface area contributed by atoms with Crippen LogP contribution in [-0.2, 0) is 0 Å². The van der Waals surface area contributed by atoms with Gasteiger partial charge in [-0.1, -0.05) is 0 Å². The van der Waals surface area contributed by atoms with Gasteiger partial charge in [-0.3, -0.25) is 4.98 Å². The second kappa shape index (κ2) is 3.14. The predicted molar refractivity (Wildman–Crippen MR) is 54.5 cm³/mol. The SMILES string of the molecule is Cc1sc(-c2cccnc2)nc1N. The Hall–Kier alpha value is -1.42. The van der Waals surface area contributed by atoms with E-state index < -0.39 is 0 Å². The molecule has 2 heterocycles. The van der Waals surface area contributed by atoms with Crippen LogP contribution in [0, 0.1) is 6.92 Å². The van der Waals surface area contributed by atoms with Crippen molar-refractivity contribution in [2.75, 3.05) is 5.73 Å². The van der Waals surface area contributed by atoms with Crippen molar-refractivity contribution in [3.63, 3.8) is 0 Å². The maximum atomic E-state index is 5.66. The minimum atomic E-state index is 0.615. The molecular weight excluding hydrogens is 182 g/mol. The number of anilines is 1. The molecule has 2 aromatic heterocycles. The fourth-order valence-electron chi connectivity index (χ4n) is 1.02. The molecule has 0 saturated carbocycles. The Morgan fingerprint density at radius 1 is 1.46 bits per heavy atom. The van der Waals surface area contributed by atoms with Gasteiger partial charge in [0.2, 0.25) is 0 Å². The van der Waals surface area contributed by atoms with Crippen molar-refractivity contribution in [3.05, 3.63) is 29.4 Å². The van der Waals surface area contributed by atoms with Crippen LogP contribution in [0.4, 0.5) is 5.82 Å². The van der Waals surface area contributed by atoms with Crippen LogP contribution < -0.4 is 5.73 Å². The second-order valence-electron chi connectivity index (χ2n) is 2.70. The Bertz CT molecular complexity index is 389. The van der Waals surface area contributed by atoms with Crippen molar-refractivity contribution in [3.8, 4) is 10.6 Å². The summed E-state index contributed by atoms with van der Waals surface area (Å²) in [6.07, 6.45) is 3.53. The van der Waals surface area contributed by atoms with Gasteiger partial charge < -0.3 is 5.73 Å².